The quantitative estimate of drug-likeness (QED) is 0.684. The van der Waals surface area contributed by atoms with Gasteiger partial charge in [-0.2, -0.15) is 4.73 Å². The van der Waals surface area contributed by atoms with E-state index in [2.05, 4.69) is 18.2 Å². The largest absolute Gasteiger partial charge is 0.411 e. The van der Waals surface area contributed by atoms with Crippen LogP contribution in [0, 0.1) is 0 Å². The zero-order valence-electron chi connectivity index (χ0n) is 7.90. The lowest BCUT2D eigenvalue weighted by Gasteiger charge is -2.10. The van der Waals surface area contributed by atoms with E-state index < -0.39 is 0 Å². The van der Waals surface area contributed by atoms with Gasteiger partial charge in [-0.15, -0.1) is 0 Å². The van der Waals surface area contributed by atoms with Crippen LogP contribution in [0.4, 0.5) is 0 Å². The van der Waals surface area contributed by atoms with E-state index in [1.165, 1.54) is 5.39 Å². The molecule has 68 valence electrons. The molecule has 2 rings (SSSR count). The van der Waals surface area contributed by atoms with Crippen molar-refractivity contribution in [2.45, 2.75) is 20.0 Å². The van der Waals surface area contributed by atoms with Crippen LogP contribution in [0.25, 0.3) is 10.9 Å². The highest BCUT2D eigenvalue weighted by Crippen LogP contribution is 2.13. The van der Waals surface area contributed by atoms with Gasteiger partial charge in [0.15, 0.2) is 0 Å². The van der Waals surface area contributed by atoms with Gasteiger partial charge in [0, 0.05) is 11.6 Å². The fourth-order valence-electron chi connectivity index (χ4n) is 1.38. The summed E-state index contributed by atoms with van der Waals surface area (Å²) < 4.78 is 1.82. The molecule has 0 spiro atoms. The molecule has 0 N–H and O–H groups in total. The zero-order valence-corrected chi connectivity index (χ0v) is 7.90. The molecular weight excluding hydrogens is 162 g/mol. The van der Waals surface area contributed by atoms with Gasteiger partial charge in [0.2, 0.25) is 0 Å². The Morgan fingerprint density at radius 1 is 1.15 bits per heavy atom. The summed E-state index contributed by atoms with van der Waals surface area (Å²) in [7, 11) is 0. The maximum absolute atomic E-state index is 5.58. The summed E-state index contributed by atoms with van der Waals surface area (Å²) >= 11 is 0. The number of para-hydroxylation sites is 1. The van der Waals surface area contributed by atoms with Gasteiger partial charge in [-0.3, -0.25) is 0 Å². The van der Waals surface area contributed by atoms with Crippen molar-refractivity contribution in [1.29, 1.82) is 0 Å². The van der Waals surface area contributed by atoms with Gasteiger partial charge in [0.25, 0.3) is 0 Å². The van der Waals surface area contributed by atoms with Gasteiger partial charge in [0.05, 0.1) is 5.52 Å². The Kier molecular flexibility index (Phi) is 1.97. The van der Waals surface area contributed by atoms with Crippen LogP contribution in [-0.4, -0.2) is 10.8 Å². The smallest absolute Gasteiger partial charge is 0.119 e. The van der Waals surface area contributed by atoms with Crippen LogP contribution in [0.15, 0.2) is 36.5 Å². The van der Waals surface area contributed by atoms with E-state index in [9.17, 15) is 0 Å². The van der Waals surface area contributed by atoms with Gasteiger partial charge in [-0.1, -0.05) is 18.2 Å². The van der Waals surface area contributed by atoms with Crippen LogP contribution in [-0.2, 0) is 0 Å². The minimum Gasteiger partial charge on any atom is -0.411 e. The number of nitrogens with zero attached hydrogens (tertiary/aromatic N) is 1. The molecule has 0 bridgehead atoms. The topological polar surface area (TPSA) is 14.2 Å². The predicted molar refractivity (Wildman–Crippen MR) is 53.7 cm³/mol. The van der Waals surface area contributed by atoms with E-state index >= 15 is 0 Å². The number of hydrogen-bond donors (Lipinski definition) is 0. The molecule has 0 saturated carbocycles. The first-order chi connectivity index (χ1) is 6.27. The summed E-state index contributed by atoms with van der Waals surface area (Å²) in [5, 5.41) is 1.21. The highest BCUT2D eigenvalue weighted by atomic mass is 16.7. The first-order valence-corrected chi connectivity index (χ1v) is 4.50. The molecule has 0 unspecified atom stereocenters. The van der Waals surface area contributed by atoms with E-state index in [1.807, 2.05) is 36.9 Å². The van der Waals surface area contributed by atoms with E-state index in [4.69, 9.17) is 4.84 Å². The third kappa shape index (κ3) is 1.52. The lowest BCUT2D eigenvalue weighted by atomic mass is 10.3. The fourth-order valence-corrected chi connectivity index (χ4v) is 1.38. The monoisotopic (exact) mass is 175 g/mol. The highest BCUT2D eigenvalue weighted by molar-refractivity contribution is 5.79. The molecule has 0 atom stereocenters. The lowest BCUT2D eigenvalue weighted by Crippen LogP contribution is -2.17. The molecule has 1 heterocycles. The molecule has 0 fully saturated rings. The van der Waals surface area contributed by atoms with Gasteiger partial charge in [0.1, 0.15) is 6.10 Å². The molecular formula is C11H13NO. The number of aromatic nitrogens is 1. The second-order valence-corrected chi connectivity index (χ2v) is 3.35. The second-order valence-electron chi connectivity index (χ2n) is 3.35. The van der Waals surface area contributed by atoms with Crippen molar-refractivity contribution in [3.63, 3.8) is 0 Å². The minimum atomic E-state index is 0.204. The molecule has 1 aromatic carbocycles. The van der Waals surface area contributed by atoms with Crippen molar-refractivity contribution < 1.29 is 4.84 Å². The van der Waals surface area contributed by atoms with Crippen LogP contribution >= 0.6 is 0 Å². The Morgan fingerprint density at radius 2 is 1.92 bits per heavy atom. The van der Waals surface area contributed by atoms with Crippen molar-refractivity contribution >= 4 is 10.9 Å². The summed E-state index contributed by atoms with van der Waals surface area (Å²) in [4.78, 5) is 5.58. The van der Waals surface area contributed by atoms with Crippen LogP contribution in [0.5, 0.6) is 0 Å². The van der Waals surface area contributed by atoms with Gasteiger partial charge >= 0.3 is 0 Å². The SMILES string of the molecule is CC(C)On1ccc2ccccc21. The maximum atomic E-state index is 5.58. The summed E-state index contributed by atoms with van der Waals surface area (Å²) in [6.45, 7) is 4.05. The zero-order chi connectivity index (χ0) is 9.26. The van der Waals surface area contributed by atoms with Gasteiger partial charge < -0.3 is 4.84 Å². The Balaban J connectivity index is 2.46. The third-order valence-electron chi connectivity index (χ3n) is 1.89. The molecule has 0 saturated heterocycles. The molecule has 2 nitrogen and oxygen atoms in total. The molecule has 2 aromatic rings. The van der Waals surface area contributed by atoms with Gasteiger partial charge in [-0.05, 0) is 26.0 Å². The van der Waals surface area contributed by atoms with Crippen LogP contribution in [0.1, 0.15) is 13.8 Å². The van der Waals surface area contributed by atoms with Crippen LogP contribution in [0.2, 0.25) is 0 Å². The average molecular weight is 175 g/mol. The van der Waals surface area contributed by atoms with Crippen molar-refractivity contribution in [1.82, 2.24) is 4.73 Å². The molecule has 13 heavy (non-hydrogen) atoms. The number of hydrogen-bond acceptors (Lipinski definition) is 1. The summed E-state index contributed by atoms with van der Waals surface area (Å²) in [5.41, 5.74) is 1.12. The molecule has 0 aliphatic heterocycles. The number of rotatable bonds is 2. The number of benzene rings is 1. The Morgan fingerprint density at radius 3 is 2.69 bits per heavy atom. The fraction of sp³-hybridized carbons (Fsp3) is 0.273. The predicted octanol–water partition coefficient (Wildman–Crippen LogP) is 2.48. The van der Waals surface area contributed by atoms with E-state index in [1.54, 1.807) is 0 Å². The normalized spacial score (nSPS) is 11.0. The minimum absolute atomic E-state index is 0.204. The first kappa shape index (κ1) is 8.17. The van der Waals surface area contributed by atoms with E-state index in [-0.39, 0.29) is 6.10 Å². The molecule has 0 radical (unpaired) electrons. The van der Waals surface area contributed by atoms with Crippen LogP contribution < -0.4 is 4.84 Å². The standard InChI is InChI=1S/C11H13NO/c1-9(2)13-12-8-7-10-5-3-4-6-11(10)12/h3-9H,1-2H3. The second kappa shape index (κ2) is 3.13. The van der Waals surface area contributed by atoms with Crippen molar-refractivity contribution in [3.05, 3.63) is 36.5 Å². The first-order valence-electron chi connectivity index (χ1n) is 4.50. The Bertz CT molecular complexity index is 403. The Labute approximate surface area is 77.7 Å². The van der Waals surface area contributed by atoms with Crippen molar-refractivity contribution in [3.8, 4) is 0 Å². The van der Waals surface area contributed by atoms with E-state index in [0.29, 0.717) is 0 Å². The van der Waals surface area contributed by atoms with Gasteiger partial charge in [-0.25, -0.2) is 0 Å². The number of fused-ring (bicyclic) bond motifs is 1. The Hall–Kier alpha value is -1.44. The van der Waals surface area contributed by atoms with Crippen LogP contribution in [0.3, 0.4) is 0 Å². The third-order valence-corrected chi connectivity index (χ3v) is 1.89. The van der Waals surface area contributed by atoms with Crippen molar-refractivity contribution in [2.24, 2.45) is 0 Å². The highest BCUT2D eigenvalue weighted by Gasteiger charge is 2.01. The van der Waals surface area contributed by atoms with E-state index in [0.717, 1.165) is 5.52 Å². The summed E-state index contributed by atoms with van der Waals surface area (Å²) in [5.74, 6) is 0. The summed E-state index contributed by atoms with van der Waals surface area (Å²) in [6, 6.07) is 10.2. The average Bonchev–Trinajstić information content (AvgIpc) is 2.48. The summed E-state index contributed by atoms with van der Waals surface area (Å²) in [6.07, 6.45) is 2.15. The molecule has 1 aromatic heterocycles. The lowest BCUT2D eigenvalue weighted by molar-refractivity contribution is 0.0686. The van der Waals surface area contributed by atoms with Crippen molar-refractivity contribution in [2.75, 3.05) is 0 Å². The maximum Gasteiger partial charge on any atom is 0.119 e. The molecule has 0 amide bonds. The molecule has 0 aliphatic rings. The molecule has 0 aliphatic carbocycles. The molecule has 2 heteroatoms.